The molecule has 0 aromatic heterocycles. The number of para-hydroxylation sites is 1. The van der Waals surface area contributed by atoms with E-state index >= 15 is 0 Å². The maximum absolute atomic E-state index is 12.3. The summed E-state index contributed by atoms with van der Waals surface area (Å²) < 4.78 is 39.2. The largest absolute Gasteiger partial charge is 0.496 e. The molecule has 24 heavy (non-hydrogen) atoms. The molecule has 1 aliphatic rings. The number of rotatable bonds is 6. The Hall–Kier alpha value is -2.39. The first-order valence-electron chi connectivity index (χ1n) is 7.11. The molecule has 0 bridgehead atoms. The Morgan fingerprint density at radius 3 is 2.67 bits per heavy atom. The van der Waals surface area contributed by atoms with E-state index in [4.69, 9.17) is 9.47 Å². The fourth-order valence-electron chi connectivity index (χ4n) is 2.11. The summed E-state index contributed by atoms with van der Waals surface area (Å²) in [5.41, 5.74) is 0.600. The van der Waals surface area contributed by atoms with Crippen molar-refractivity contribution in [3.8, 4) is 5.75 Å². The summed E-state index contributed by atoms with van der Waals surface area (Å²) in [6.07, 6.45) is 1.42. The van der Waals surface area contributed by atoms with Gasteiger partial charge in [-0.15, -0.1) is 4.40 Å². The highest BCUT2D eigenvalue weighted by molar-refractivity contribution is 7.88. The molecule has 1 aliphatic heterocycles. The number of carbonyl (C=O) groups is 1. The normalized spacial score (nSPS) is 16.2. The van der Waals surface area contributed by atoms with Gasteiger partial charge in [0.25, 0.3) is 5.91 Å². The van der Waals surface area contributed by atoms with Gasteiger partial charge >= 0.3 is 10.2 Å². The number of methoxy groups -OCH3 is 2. The second kappa shape index (κ2) is 7.45. The van der Waals surface area contributed by atoms with Crippen molar-refractivity contribution in [1.29, 1.82) is 0 Å². The molecule has 0 saturated heterocycles. The van der Waals surface area contributed by atoms with Gasteiger partial charge in [-0.2, -0.15) is 8.42 Å². The van der Waals surface area contributed by atoms with Crippen LogP contribution in [-0.4, -0.2) is 58.8 Å². The lowest BCUT2D eigenvalue weighted by atomic mass is 10.1. The molecule has 0 spiro atoms. The Balaban J connectivity index is 2.43. The van der Waals surface area contributed by atoms with Crippen molar-refractivity contribution in [2.24, 2.45) is 4.40 Å². The van der Waals surface area contributed by atoms with E-state index in [1.165, 1.54) is 27.3 Å². The van der Waals surface area contributed by atoms with Gasteiger partial charge in [-0.3, -0.25) is 4.79 Å². The molecule has 2 rings (SSSR count). The fourth-order valence-corrected chi connectivity index (χ4v) is 3.01. The molecule has 130 valence electrons. The maximum atomic E-state index is 12.3. The zero-order valence-corrected chi connectivity index (χ0v) is 14.5. The average molecular weight is 353 g/mol. The van der Waals surface area contributed by atoms with Crippen molar-refractivity contribution < 1.29 is 22.7 Å². The number of benzene rings is 1. The van der Waals surface area contributed by atoms with Gasteiger partial charge in [0.05, 0.1) is 19.4 Å². The van der Waals surface area contributed by atoms with Crippen LogP contribution in [0.5, 0.6) is 5.75 Å². The van der Waals surface area contributed by atoms with E-state index in [1.807, 2.05) is 0 Å². The Morgan fingerprint density at radius 2 is 2.00 bits per heavy atom. The average Bonchev–Trinajstić information content (AvgIpc) is 2.57. The molecule has 0 saturated carbocycles. The van der Waals surface area contributed by atoms with Crippen molar-refractivity contribution in [2.45, 2.75) is 0 Å². The highest BCUT2D eigenvalue weighted by Crippen LogP contribution is 2.24. The number of ether oxygens (including phenoxy) is 2. The minimum absolute atomic E-state index is 0.0259. The van der Waals surface area contributed by atoms with E-state index in [1.54, 1.807) is 24.3 Å². The summed E-state index contributed by atoms with van der Waals surface area (Å²) in [7, 11) is 0.260. The third kappa shape index (κ3) is 3.74. The maximum Gasteiger partial charge on any atom is 0.345 e. The van der Waals surface area contributed by atoms with Crippen LogP contribution < -0.4 is 10.1 Å². The molecule has 0 atom stereocenters. The molecule has 1 N–H and O–H groups in total. The summed E-state index contributed by atoms with van der Waals surface area (Å²) in [5, 5.41) is 2.60. The summed E-state index contributed by atoms with van der Waals surface area (Å²) >= 11 is 0. The van der Waals surface area contributed by atoms with Crippen LogP contribution in [0.3, 0.4) is 0 Å². The van der Waals surface area contributed by atoms with Crippen LogP contribution >= 0.6 is 0 Å². The molecule has 1 amide bonds. The monoisotopic (exact) mass is 353 g/mol. The third-order valence-corrected chi connectivity index (χ3v) is 4.70. The number of nitrogens with one attached hydrogen (secondary N) is 1. The van der Waals surface area contributed by atoms with Crippen LogP contribution in [0.4, 0.5) is 0 Å². The molecular formula is C15H19N3O5S. The molecule has 0 aliphatic carbocycles. The van der Waals surface area contributed by atoms with Crippen LogP contribution in [0, 0.1) is 0 Å². The lowest BCUT2D eigenvalue weighted by molar-refractivity contribution is -0.118. The van der Waals surface area contributed by atoms with Crippen molar-refractivity contribution in [3.05, 3.63) is 41.6 Å². The molecule has 9 heteroatoms. The van der Waals surface area contributed by atoms with E-state index in [0.717, 1.165) is 4.31 Å². The molecule has 0 unspecified atom stereocenters. The first-order valence-corrected chi connectivity index (χ1v) is 8.51. The SMILES string of the molecule is COCCNC(=O)C1=CC(c2ccccc2OC)=NS(=O)(=O)N1C. The highest BCUT2D eigenvalue weighted by Gasteiger charge is 2.30. The Bertz CT molecular complexity index is 786. The number of allylic oxidation sites excluding steroid dienone is 1. The quantitative estimate of drug-likeness (QED) is 0.743. The van der Waals surface area contributed by atoms with E-state index < -0.39 is 16.1 Å². The predicted octanol–water partition coefficient (Wildman–Crippen LogP) is 0.321. The highest BCUT2D eigenvalue weighted by atomic mass is 32.2. The molecule has 1 heterocycles. The van der Waals surface area contributed by atoms with Crippen LogP contribution in [0.25, 0.3) is 0 Å². The fraction of sp³-hybridized carbons (Fsp3) is 0.333. The number of amides is 1. The summed E-state index contributed by atoms with van der Waals surface area (Å²) in [6, 6.07) is 6.86. The van der Waals surface area contributed by atoms with E-state index in [0.29, 0.717) is 17.9 Å². The van der Waals surface area contributed by atoms with E-state index in [9.17, 15) is 13.2 Å². The Kier molecular flexibility index (Phi) is 5.58. The van der Waals surface area contributed by atoms with Crippen molar-refractivity contribution in [1.82, 2.24) is 9.62 Å². The lowest BCUT2D eigenvalue weighted by Crippen LogP contribution is -2.39. The predicted molar refractivity (Wildman–Crippen MR) is 89.2 cm³/mol. The van der Waals surface area contributed by atoms with Crippen LogP contribution in [0.2, 0.25) is 0 Å². The number of hydrogen-bond acceptors (Lipinski definition) is 5. The van der Waals surface area contributed by atoms with Gasteiger partial charge in [0.15, 0.2) is 0 Å². The minimum atomic E-state index is -4.00. The van der Waals surface area contributed by atoms with Crippen LogP contribution in [0.1, 0.15) is 5.56 Å². The first kappa shape index (κ1) is 18.0. The topological polar surface area (TPSA) is 97.3 Å². The van der Waals surface area contributed by atoms with Crippen molar-refractivity contribution in [2.75, 3.05) is 34.4 Å². The van der Waals surface area contributed by atoms with Gasteiger partial charge in [0.2, 0.25) is 0 Å². The van der Waals surface area contributed by atoms with Gasteiger partial charge in [-0.05, 0) is 18.2 Å². The van der Waals surface area contributed by atoms with Crippen molar-refractivity contribution in [3.63, 3.8) is 0 Å². The zero-order valence-electron chi connectivity index (χ0n) is 13.6. The van der Waals surface area contributed by atoms with Gasteiger partial charge in [0, 0.05) is 26.3 Å². The van der Waals surface area contributed by atoms with Gasteiger partial charge in [-0.1, -0.05) is 12.1 Å². The standard InChI is InChI=1S/C15H19N3O5S/c1-18-13(15(19)16-8-9-22-2)10-12(17-24(18,20)21)11-6-4-5-7-14(11)23-3/h4-7,10H,8-9H2,1-3H3,(H,16,19). The molecule has 0 radical (unpaired) electrons. The summed E-state index contributed by atoms with van der Waals surface area (Å²) in [6.45, 7) is 0.588. The van der Waals surface area contributed by atoms with E-state index in [2.05, 4.69) is 9.71 Å². The number of likely N-dealkylation sites (N-methyl/N-ethyl adjacent to an activating group) is 1. The number of nitrogens with zero attached hydrogens (tertiary/aromatic N) is 2. The number of hydrogen-bond donors (Lipinski definition) is 1. The molecule has 1 aromatic rings. The van der Waals surface area contributed by atoms with Crippen LogP contribution in [0.15, 0.2) is 40.4 Å². The van der Waals surface area contributed by atoms with E-state index in [-0.39, 0.29) is 18.0 Å². The molecule has 1 aromatic carbocycles. The number of carbonyl (C=O) groups excluding carboxylic acids is 1. The lowest BCUT2D eigenvalue weighted by Gasteiger charge is -2.24. The minimum Gasteiger partial charge on any atom is -0.496 e. The molecule has 8 nitrogen and oxygen atoms in total. The molecular weight excluding hydrogens is 334 g/mol. The third-order valence-electron chi connectivity index (χ3n) is 3.38. The molecule has 0 fully saturated rings. The van der Waals surface area contributed by atoms with Gasteiger partial charge < -0.3 is 14.8 Å². The van der Waals surface area contributed by atoms with Gasteiger partial charge in [-0.25, -0.2) is 4.31 Å². The second-order valence-electron chi connectivity index (χ2n) is 4.90. The second-order valence-corrected chi connectivity index (χ2v) is 6.53. The van der Waals surface area contributed by atoms with Gasteiger partial charge in [0.1, 0.15) is 11.4 Å². The summed E-state index contributed by atoms with van der Waals surface area (Å²) in [5.74, 6) is -0.0631. The summed E-state index contributed by atoms with van der Waals surface area (Å²) in [4.78, 5) is 12.3. The van der Waals surface area contributed by atoms with Crippen LogP contribution in [-0.2, 0) is 19.7 Å². The first-order chi connectivity index (χ1) is 11.4. The zero-order chi connectivity index (χ0) is 17.7. The Labute approximate surface area is 141 Å². The Morgan fingerprint density at radius 1 is 1.29 bits per heavy atom. The van der Waals surface area contributed by atoms with Crippen molar-refractivity contribution >= 4 is 21.8 Å². The smallest absolute Gasteiger partial charge is 0.345 e.